The van der Waals surface area contributed by atoms with Crippen LogP contribution in [0.3, 0.4) is 0 Å². The number of amides is 2. The van der Waals surface area contributed by atoms with Crippen molar-refractivity contribution in [3.05, 3.63) is 18.2 Å². The maximum Gasteiger partial charge on any atom is 0.244 e. The van der Waals surface area contributed by atoms with Crippen molar-refractivity contribution in [2.75, 3.05) is 32.6 Å². The number of hydrogen-bond donors (Lipinski definition) is 1. The molecule has 1 aliphatic rings. The zero-order valence-electron chi connectivity index (χ0n) is 16.4. The minimum atomic E-state index is -3.92. The Kier molecular flexibility index (Phi) is 6.28. The molecule has 0 aliphatic carbocycles. The van der Waals surface area contributed by atoms with Crippen LogP contribution in [0.1, 0.15) is 33.1 Å². The van der Waals surface area contributed by atoms with Crippen LogP contribution in [0.25, 0.3) is 0 Å². The van der Waals surface area contributed by atoms with Crippen LogP contribution < -0.4 is 14.4 Å². The third-order valence-electron chi connectivity index (χ3n) is 4.88. The smallest absolute Gasteiger partial charge is 0.244 e. The second-order valence-electron chi connectivity index (χ2n) is 7.34. The summed E-state index contributed by atoms with van der Waals surface area (Å²) in [5, 5.41) is 0. The summed E-state index contributed by atoms with van der Waals surface area (Å²) in [6.07, 6.45) is 1.03. The molecule has 27 heavy (non-hydrogen) atoms. The molecule has 1 N–H and O–H groups in total. The van der Waals surface area contributed by atoms with Gasteiger partial charge in [0.25, 0.3) is 0 Å². The fourth-order valence-corrected chi connectivity index (χ4v) is 3.95. The predicted molar refractivity (Wildman–Crippen MR) is 102 cm³/mol. The lowest BCUT2D eigenvalue weighted by Gasteiger charge is -2.32. The third-order valence-corrected chi connectivity index (χ3v) is 6.30. The number of carbonyl (C=O) groups is 2. The van der Waals surface area contributed by atoms with Crippen molar-refractivity contribution < 1.29 is 22.7 Å². The van der Waals surface area contributed by atoms with Crippen LogP contribution in [-0.4, -0.2) is 58.4 Å². The first-order chi connectivity index (χ1) is 12.5. The molecule has 0 atom stereocenters. The molecule has 1 fully saturated rings. The van der Waals surface area contributed by atoms with E-state index in [1.807, 2.05) is 32.8 Å². The number of carbonyl (C=O) groups excluding carboxylic acids is 2. The van der Waals surface area contributed by atoms with Crippen molar-refractivity contribution in [3.63, 3.8) is 0 Å². The van der Waals surface area contributed by atoms with E-state index in [1.165, 1.54) is 25.3 Å². The molecule has 0 saturated carbocycles. The molecule has 0 unspecified atom stereocenters. The zero-order valence-corrected chi connectivity index (χ0v) is 17.2. The highest BCUT2D eigenvalue weighted by atomic mass is 32.2. The molecule has 1 aromatic carbocycles. The summed E-state index contributed by atoms with van der Waals surface area (Å²) >= 11 is 0. The van der Waals surface area contributed by atoms with E-state index in [0.29, 0.717) is 6.42 Å². The molecule has 9 heteroatoms. The molecule has 0 bridgehead atoms. The number of ether oxygens (including phenoxy) is 1. The summed E-state index contributed by atoms with van der Waals surface area (Å²) in [6, 6.07) is 4.28. The molecule has 1 saturated heterocycles. The monoisotopic (exact) mass is 397 g/mol. The topological polar surface area (TPSA) is 96.0 Å². The van der Waals surface area contributed by atoms with E-state index in [-0.39, 0.29) is 47.5 Å². The fraction of sp³-hybridized carbons (Fsp3) is 0.556. The van der Waals surface area contributed by atoms with Gasteiger partial charge in [0.2, 0.25) is 21.8 Å². The largest absolute Gasteiger partial charge is 0.495 e. The molecule has 150 valence electrons. The Bertz CT molecular complexity index is 817. The van der Waals surface area contributed by atoms with E-state index < -0.39 is 15.6 Å². The quantitative estimate of drug-likeness (QED) is 0.698. The molecule has 0 aromatic heterocycles. The average Bonchev–Trinajstić information content (AvgIpc) is 2.60. The van der Waals surface area contributed by atoms with Crippen molar-refractivity contribution in [1.29, 1.82) is 0 Å². The number of likely N-dealkylation sites (N-methyl/N-ethyl adjacent to an activating group) is 1. The number of methoxy groups -OCH3 is 1. The number of nitrogens with one attached hydrogen (secondary N) is 1. The molecule has 1 heterocycles. The van der Waals surface area contributed by atoms with Crippen LogP contribution in [-0.2, 0) is 19.6 Å². The van der Waals surface area contributed by atoms with E-state index in [0.717, 1.165) is 4.90 Å². The molecule has 2 amide bonds. The number of sulfonamides is 1. The van der Waals surface area contributed by atoms with E-state index in [1.54, 1.807) is 0 Å². The normalized spacial score (nSPS) is 16.1. The highest BCUT2D eigenvalue weighted by molar-refractivity contribution is 7.89. The summed E-state index contributed by atoms with van der Waals surface area (Å²) in [4.78, 5) is 27.2. The molecular formula is C18H27N3O5S. The van der Waals surface area contributed by atoms with Crippen molar-refractivity contribution in [1.82, 2.24) is 9.62 Å². The van der Waals surface area contributed by atoms with Crippen LogP contribution in [0.15, 0.2) is 23.1 Å². The van der Waals surface area contributed by atoms with Crippen molar-refractivity contribution in [3.8, 4) is 5.75 Å². The van der Waals surface area contributed by atoms with Crippen molar-refractivity contribution in [2.45, 2.75) is 43.5 Å². The lowest BCUT2D eigenvalue weighted by molar-refractivity contribution is -0.129. The lowest BCUT2D eigenvalue weighted by atomic mass is 10.1. The highest BCUT2D eigenvalue weighted by Gasteiger charge is 2.30. The Morgan fingerprint density at radius 3 is 2.30 bits per heavy atom. The van der Waals surface area contributed by atoms with Crippen molar-refractivity contribution in [2.24, 2.45) is 0 Å². The van der Waals surface area contributed by atoms with Gasteiger partial charge in [-0.05, 0) is 52.6 Å². The Morgan fingerprint density at radius 1 is 1.19 bits per heavy atom. The van der Waals surface area contributed by atoms with Crippen LogP contribution in [0.4, 0.5) is 5.69 Å². The number of hydrogen-bond acceptors (Lipinski definition) is 6. The predicted octanol–water partition coefficient (Wildman–Crippen LogP) is 1.36. The number of benzene rings is 1. The number of rotatable bonds is 7. The van der Waals surface area contributed by atoms with Gasteiger partial charge in [0.15, 0.2) is 0 Å². The molecule has 2 rings (SSSR count). The Hall–Kier alpha value is -1.97. The summed E-state index contributed by atoms with van der Waals surface area (Å²) < 4.78 is 33.5. The minimum absolute atomic E-state index is 0.108. The maximum absolute atomic E-state index is 12.9. The Labute approximate surface area is 160 Å². The van der Waals surface area contributed by atoms with Crippen LogP contribution >= 0.6 is 0 Å². The SMILES string of the molecule is COc1ccc(N2C(=O)CCCC2=O)cc1S(=O)(=O)NCC(C)(C)N(C)C. The molecular weight excluding hydrogens is 370 g/mol. The minimum Gasteiger partial charge on any atom is -0.495 e. The summed E-state index contributed by atoms with van der Waals surface area (Å²) in [6.45, 7) is 4.00. The van der Waals surface area contributed by atoms with Gasteiger partial charge in [0.1, 0.15) is 10.6 Å². The van der Waals surface area contributed by atoms with E-state index in [9.17, 15) is 18.0 Å². The first-order valence-corrected chi connectivity index (χ1v) is 10.2. The second kappa shape index (κ2) is 7.95. The van der Waals surface area contributed by atoms with Gasteiger partial charge >= 0.3 is 0 Å². The van der Waals surface area contributed by atoms with Gasteiger partial charge < -0.3 is 9.64 Å². The van der Waals surface area contributed by atoms with Crippen LogP contribution in [0.2, 0.25) is 0 Å². The third kappa shape index (κ3) is 4.66. The number of piperidine rings is 1. The Balaban J connectivity index is 2.40. The van der Waals surface area contributed by atoms with Gasteiger partial charge in [0.05, 0.1) is 12.8 Å². The highest BCUT2D eigenvalue weighted by Crippen LogP contribution is 2.31. The second-order valence-corrected chi connectivity index (χ2v) is 9.08. The van der Waals surface area contributed by atoms with E-state index >= 15 is 0 Å². The fourth-order valence-electron chi connectivity index (χ4n) is 2.56. The van der Waals surface area contributed by atoms with Crippen LogP contribution in [0, 0.1) is 0 Å². The van der Waals surface area contributed by atoms with E-state index in [4.69, 9.17) is 4.74 Å². The molecule has 8 nitrogen and oxygen atoms in total. The standard InChI is InChI=1S/C18H27N3O5S/c1-18(2,20(3)4)12-19-27(24,25)15-11-13(9-10-14(15)26-5)21-16(22)7-6-8-17(21)23/h9-11,19H,6-8,12H2,1-5H3. The average molecular weight is 397 g/mol. The molecule has 0 spiro atoms. The van der Waals surface area contributed by atoms with Crippen molar-refractivity contribution >= 4 is 27.5 Å². The Morgan fingerprint density at radius 2 is 1.78 bits per heavy atom. The van der Waals surface area contributed by atoms with Gasteiger partial charge in [-0.1, -0.05) is 0 Å². The molecule has 0 radical (unpaired) electrons. The molecule has 1 aliphatic heterocycles. The van der Waals surface area contributed by atoms with Gasteiger partial charge in [-0.2, -0.15) is 0 Å². The van der Waals surface area contributed by atoms with Gasteiger partial charge in [-0.15, -0.1) is 0 Å². The first-order valence-electron chi connectivity index (χ1n) is 8.70. The van der Waals surface area contributed by atoms with Gasteiger partial charge in [-0.3, -0.25) is 14.5 Å². The zero-order chi connectivity index (χ0) is 20.4. The first kappa shape index (κ1) is 21.3. The lowest BCUT2D eigenvalue weighted by Crippen LogP contribution is -2.48. The number of nitrogens with zero attached hydrogens (tertiary/aromatic N) is 2. The van der Waals surface area contributed by atoms with E-state index in [2.05, 4.69) is 4.72 Å². The van der Waals surface area contributed by atoms with Gasteiger partial charge in [0, 0.05) is 24.9 Å². The maximum atomic E-state index is 12.9. The number of imide groups is 1. The summed E-state index contributed by atoms with van der Waals surface area (Å²) in [7, 11) is 1.18. The summed E-state index contributed by atoms with van der Waals surface area (Å²) in [5.74, 6) is -0.520. The van der Waals surface area contributed by atoms with Gasteiger partial charge in [-0.25, -0.2) is 13.1 Å². The molecule has 1 aromatic rings. The van der Waals surface area contributed by atoms with Crippen LogP contribution in [0.5, 0.6) is 5.75 Å². The summed E-state index contributed by atoms with van der Waals surface area (Å²) in [5.41, 5.74) is -0.172. The number of anilines is 1.